The van der Waals surface area contributed by atoms with E-state index in [4.69, 9.17) is 5.84 Å². The predicted octanol–water partition coefficient (Wildman–Crippen LogP) is 0.905. The van der Waals surface area contributed by atoms with Gasteiger partial charge >= 0.3 is 5.69 Å². The summed E-state index contributed by atoms with van der Waals surface area (Å²) in [6.45, 7) is 3.96. The number of nitro groups is 1. The van der Waals surface area contributed by atoms with Crippen LogP contribution in [0, 0.1) is 10.1 Å². The molecule has 1 rings (SSSR count). The normalized spacial score (nSPS) is 12.0. The van der Waals surface area contributed by atoms with Crippen LogP contribution >= 0.6 is 0 Å². The highest BCUT2D eigenvalue weighted by Crippen LogP contribution is 2.31. The highest BCUT2D eigenvalue weighted by molar-refractivity contribution is 5.69. The molecule has 8 heteroatoms. The zero-order chi connectivity index (χ0) is 13.0. The first-order chi connectivity index (χ1) is 8.02. The van der Waals surface area contributed by atoms with Gasteiger partial charge in [-0.25, -0.2) is 15.8 Å². The number of hydrogen-bond donors (Lipinski definition) is 2. The molecule has 0 amide bonds. The van der Waals surface area contributed by atoms with Gasteiger partial charge in [0, 0.05) is 13.1 Å². The van der Waals surface area contributed by atoms with E-state index in [-0.39, 0.29) is 23.4 Å². The number of rotatable bonds is 5. The molecule has 0 spiro atoms. The fourth-order valence-corrected chi connectivity index (χ4v) is 1.38. The summed E-state index contributed by atoms with van der Waals surface area (Å²) >= 11 is 0. The van der Waals surface area contributed by atoms with Gasteiger partial charge in [0.05, 0.1) is 4.92 Å². The summed E-state index contributed by atoms with van der Waals surface area (Å²) < 4.78 is 0. The Kier molecular flexibility index (Phi) is 4.16. The van der Waals surface area contributed by atoms with E-state index in [2.05, 4.69) is 15.4 Å². The maximum Gasteiger partial charge on any atom is 0.354 e. The average Bonchev–Trinajstić information content (AvgIpc) is 2.35. The molecule has 0 aromatic carbocycles. The molecule has 0 aliphatic heterocycles. The Bertz CT molecular complexity index is 410. The van der Waals surface area contributed by atoms with Gasteiger partial charge in [0.15, 0.2) is 0 Å². The molecule has 0 bridgehead atoms. The van der Waals surface area contributed by atoms with E-state index in [1.165, 1.54) is 6.33 Å². The summed E-state index contributed by atoms with van der Waals surface area (Å²) in [4.78, 5) is 19.9. The molecule has 0 aliphatic rings. The third-order valence-corrected chi connectivity index (χ3v) is 2.71. The lowest BCUT2D eigenvalue weighted by Gasteiger charge is -2.24. The minimum absolute atomic E-state index is 0.00940. The van der Waals surface area contributed by atoms with Crippen LogP contribution in [0.4, 0.5) is 17.3 Å². The molecule has 3 N–H and O–H groups in total. The largest absolute Gasteiger partial charge is 0.354 e. The van der Waals surface area contributed by atoms with Crippen LogP contribution in [0.25, 0.3) is 0 Å². The first-order valence-corrected chi connectivity index (χ1v) is 5.21. The van der Waals surface area contributed by atoms with E-state index in [1.54, 1.807) is 11.9 Å². The number of aromatic nitrogens is 2. The SMILES string of the molecule is CCC(C)N(C)c1ncnc(NN)c1[N+](=O)[O-]. The van der Waals surface area contributed by atoms with Crippen LogP contribution in [0.5, 0.6) is 0 Å². The maximum absolute atomic E-state index is 11.0. The highest BCUT2D eigenvalue weighted by Gasteiger charge is 2.26. The Morgan fingerprint density at radius 3 is 2.76 bits per heavy atom. The molecule has 1 unspecified atom stereocenters. The van der Waals surface area contributed by atoms with E-state index in [9.17, 15) is 10.1 Å². The van der Waals surface area contributed by atoms with Crippen molar-refractivity contribution in [2.75, 3.05) is 17.4 Å². The number of hydrazine groups is 1. The number of nitrogens with zero attached hydrogens (tertiary/aromatic N) is 4. The van der Waals surface area contributed by atoms with Crippen LogP contribution in [-0.4, -0.2) is 28.0 Å². The Labute approximate surface area is 99.0 Å². The molecule has 1 aromatic rings. The Morgan fingerprint density at radius 1 is 1.65 bits per heavy atom. The fraction of sp³-hybridized carbons (Fsp3) is 0.556. The molecule has 17 heavy (non-hydrogen) atoms. The lowest BCUT2D eigenvalue weighted by Crippen LogP contribution is -2.30. The molecule has 0 saturated heterocycles. The van der Waals surface area contributed by atoms with Crippen molar-refractivity contribution in [2.24, 2.45) is 5.84 Å². The molecular weight excluding hydrogens is 224 g/mol. The van der Waals surface area contributed by atoms with Gasteiger partial charge in [0.2, 0.25) is 11.6 Å². The van der Waals surface area contributed by atoms with Gasteiger partial charge in [-0.2, -0.15) is 0 Å². The Morgan fingerprint density at radius 2 is 2.29 bits per heavy atom. The Balaban J connectivity index is 3.27. The highest BCUT2D eigenvalue weighted by atomic mass is 16.6. The third kappa shape index (κ3) is 2.59. The summed E-state index contributed by atoms with van der Waals surface area (Å²) in [6.07, 6.45) is 2.10. The molecule has 0 fully saturated rings. The third-order valence-electron chi connectivity index (χ3n) is 2.71. The van der Waals surface area contributed by atoms with Gasteiger partial charge in [0.25, 0.3) is 0 Å². The second kappa shape index (κ2) is 5.39. The first-order valence-electron chi connectivity index (χ1n) is 5.21. The van der Waals surface area contributed by atoms with Gasteiger partial charge in [-0.3, -0.25) is 10.1 Å². The number of anilines is 2. The van der Waals surface area contributed by atoms with Gasteiger partial charge in [0.1, 0.15) is 6.33 Å². The minimum Gasteiger partial charge on any atom is -0.351 e. The van der Waals surface area contributed by atoms with Gasteiger partial charge in [-0.15, -0.1) is 0 Å². The summed E-state index contributed by atoms with van der Waals surface area (Å²) in [5, 5.41) is 11.0. The first kappa shape index (κ1) is 13.1. The van der Waals surface area contributed by atoms with Crippen LogP contribution in [0.2, 0.25) is 0 Å². The average molecular weight is 240 g/mol. The quantitative estimate of drug-likeness (QED) is 0.447. The van der Waals surface area contributed by atoms with Crippen molar-refractivity contribution < 1.29 is 4.92 Å². The number of nitrogens with one attached hydrogen (secondary N) is 1. The number of hydrogen-bond acceptors (Lipinski definition) is 7. The van der Waals surface area contributed by atoms with Gasteiger partial charge in [-0.1, -0.05) is 6.92 Å². The minimum atomic E-state index is -0.538. The smallest absolute Gasteiger partial charge is 0.351 e. The predicted molar refractivity (Wildman–Crippen MR) is 64.7 cm³/mol. The summed E-state index contributed by atoms with van der Waals surface area (Å²) in [7, 11) is 1.75. The second-order valence-electron chi connectivity index (χ2n) is 3.66. The van der Waals surface area contributed by atoms with E-state index in [0.717, 1.165) is 6.42 Å². The van der Waals surface area contributed by atoms with E-state index >= 15 is 0 Å². The van der Waals surface area contributed by atoms with E-state index in [1.807, 2.05) is 13.8 Å². The second-order valence-corrected chi connectivity index (χ2v) is 3.66. The Hall–Kier alpha value is -1.96. The van der Waals surface area contributed by atoms with Crippen LogP contribution < -0.4 is 16.2 Å². The van der Waals surface area contributed by atoms with Crippen molar-refractivity contribution in [1.82, 2.24) is 9.97 Å². The van der Waals surface area contributed by atoms with Crippen molar-refractivity contribution in [3.05, 3.63) is 16.4 Å². The molecule has 1 aromatic heterocycles. The summed E-state index contributed by atoms with van der Waals surface area (Å²) in [6, 6.07) is 0.134. The van der Waals surface area contributed by atoms with Crippen LogP contribution in [0.15, 0.2) is 6.33 Å². The van der Waals surface area contributed by atoms with E-state index < -0.39 is 4.92 Å². The maximum atomic E-state index is 11.0. The van der Waals surface area contributed by atoms with Crippen LogP contribution in [-0.2, 0) is 0 Å². The van der Waals surface area contributed by atoms with Crippen molar-refractivity contribution in [3.8, 4) is 0 Å². The zero-order valence-corrected chi connectivity index (χ0v) is 10.0. The van der Waals surface area contributed by atoms with Gasteiger partial charge in [-0.05, 0) is 13.3 Å². The summed E-state index contributed by atoms with van der Waals surface area (Å²) in [5.41, 5.74) is 2.00. The monoisotopic (exact) mass is 240 g/mol. The molecule has 94 valence electrons. The van der Waals surface area contributed by atoms with Crippen molar-refractivity contribution in [2.45, 2.75) is 26.3 Å². The molecule has 1 heterocycles. The topological polar surface area (TPSA) is 110 Å². The molecule has 0 saturated carbocycles. The number of nitrogen functional groups attached to an aromatic ring is 1. The lowest BCUT2D eigenvalue weighted by atomic mass is 10.2. The zero-order valence-electron chi connectivity index (χ0n) is 10.0. The van der Waals surface area contributed by atoms with Crippen LogP contribution in [0.3, 0.4) is 0 Å². The van der Waals surface area contributed by atoms with Crippen molar-refractivity contribution in [1.29, 1.82) is 0 Å². The summed E-state index contributed by atoms with van der Waals surface area (Å²) in [5.74, 6) is 5.47. The molecule has 0 aliphatic carbocycles. The van der Waals surface area contributed by atoms with Crippen molar-refractivity contribution in [3.63, 3.8) is 0 Å². The van der Waals surface area contributed by atoms with Crippen LogP contribution in [0.1, 0.15) is 20.3 Å². The van der Waals surface area contributed by atoms with E-state index in [0.29, 0.717) is 0 Å². The number of nitrogens with two attached hydrogens (primary N) is 1. The molecular formula is C9H16N6O2. The molecule has 0 radical (unpaired) electrons. The van der Waals surface area contributed by atoms with Gasteiger partial charge < -0.3 is 10.3 Å². The fourth-order valence-electron chi connectivity index (χ4n) is 1.38. The molecule has 1 atom stereocenters. The lowest BCUT2D eigenvalue weighted by molar-refractivity contribution is -0.383. The molecule has 8 nitrogen and oxygen atoms in total. The standard InChI is InChI=1S/C9H16N6O2/c1-4-6(2)14(3)9-7(15(16)17)8(13-10)11-5-12-9/h5-6H,4,10H2,1-3H3,(H,11,12,13). The van der Waals surface area contributed by atoms with Crippen molar-refractivity contribution >= 4 is 17.3 Å².